The van der Waals surface area contributed by atoms with E-state index in [1.807, 2.05) is 26.0 Å². The number of hydrogen-bond acceptors (Lipinski definition) is 8. The van der Waals surface area contributed by atoms with E-state index in [1.165, 1.54) is 17.0 Å². The molecule has 1 saturated heterocycles. The monoisotopic (exact) mass is 523 g/mol. The van der Waals surface area contributed by atoms with E-state index in [9.17, 15) is 19.5 Å². The van der Waals surface area contributed by atoms with Crippen molar-refractivity contribution in [3.8, 4) is 5.75 Å². The highest BCUT2D eigenvalue weighted by molar-refractivity contribution is 7.09. The highest BCUT2D eigenvalue weighted by atomic mass is 32.1. The van der Waals surface area contributed by atoms with Crippen molar-refractivity contribution >= 4 is 40.6 Å². The Labute approximate surface area is 218 Å². The van der Waals surface area contributed by atoms with Crippen LogP contribution in [0.3, 0.4) is 0 Å². The number of phenolic OH excluding ortho intramolecular Hbond substituents is 1. The first-order valence-corrected chi connectivity index (χ1v) is 12.6. The van der Waals surface area contributed by atoms with Gasteiger partial charge in [-0.3, -0.25) is 19.3 Å². The summed E-state index contributed by atoms with van der Waals surface area (Å²) in [5, 5.41) is 12.8. The number of benzene rings is 2. The van der Waals surface area contributed by atoms with Gasteiger partial charge >= 0.3 is 0 Å². The molecule has 0 aliphatic carbocycles. The molecule has 194 valence electrons. The molecule has 11 heteroatoms. The Morgan fingerprint density at radius 3 is 2.54 bits per heavy atom. The zero-order chi connectivity index (χ0) is 26.7. The van der Waals surface area contributed by atoms with E-state index >= 15 is 0 Å². The van der Waals surface area contributed by atoms with Gasteiger partial charge in [-0.05, 0) is 67.5 Å². The summed E-state index contributed by atoms with van der Waals surface area (Å²) in [7, 11) is 0. The Balaban J connectivity index is 1.84. The Kier molecular flexibility index (Phi) is 7.74. The molecule has 1 fully saturated rings. The highest BCUT2D eigenvalue weighted by Gasteiger charge is 2.37. The molecule has 4 rings (SSSR count). The van der Waals surface area contributed by atoms with Crippen molar-refractivity contribution in [2.75, 3.05) is 23.8 Å². The second-order valence-corrected chi connectivity index (χ2v) is 9.75. The largest absolute Gasteiger partial charge is 0.508 e. The number of nitrogen functional groups attached to an aromatic ring is 1. The maximum absolute atomic E-state index is 14.1. The van der Waals surface area contributed by atoms with E-state index in [2.05, 4.69) is 9.69 Å². The van der Waals surface area contributed by atoms with E-state index < -0.39 is 23.8 Å². The lowest BCUT2D eigenvalue weighted by atomic mass is 10.00. The van der Waals surface area contributed by atoms with E-state index in [0.717, 1.165) is 35.5 Å². The maximum atomic E-state index is 14.1. The molecule has 2 aromatic carbocycles. The number of aromatic nitrogens is 1. The Bertz CT molecular complexity index is 1320. The minimum absolute atomic E-state index is 0.00974. The van der Waals surface area contributed by atoms with Crippen LogP contribution in [0.4, 0.5) is 11.4 Å². The standard InChI is InChI=1S/C26H29N5O5S/c1-14-5-10-19(15(2)12-14)31(26(35)23-20(27)21(24(28)33)30-37-23)22(16-6-8-17(32)9-7-16)25(34)29-13-18-4-3-11-36-18/h5-10,12,18,22,32H,3-4,11,13,27H2,1-2H3,(H2,28,33)(H,29,34). The van der Waals surface area contributed by atoms with Gasteiger partial charge in [0.15, 0.2) is 5.69 Å². The van der Waals surface area contributed by atoms with Crippen molar-refractivity contribution in [3.05, 3.63) is 69.7 Å². The predicted molar refractivity (Wildman–Crippen MR) is 141 cm³/mol. The van der Waals surface area contributed by atoms with Crippen LogP contribution in [0.15, 0.2) is 42.5 Å². The van der Waals surface area contributed by atoms with Crippen molar-refractivity contribution in [1.82, 2.24) is 9.69 Å². The Hall–Kier alpha value is -3.96. The van der Waals surface area contributed by atoms with Crippen molar-refractivity contribution in [1.29, 1.82) is 0 Å². The number of aryl methyl sites for hydroxylation is 2. The number of nitrogens with two attached hydrogens (primary N) is 2. The minimum atomic E-state index is -1.13. The summed E-state index contributed by atoms with van der Waals surface area (Å²) in [6, 6.07) is 10.4. The lowest BCUT2D eigenvalue weighted by molar-refractivity contribution is -0.123. The van der Waals surface area contributed by atoms with Gasteiger partial charge in [0.2, 0.25) is 5.91 Å². The maximum Gasteiger partial charge on any atom is 0.273 e. The number of carbonyl (C=O) groups excluding carboxylic acids is 3. The average Bonchev–Trinajstić information content (AvgIpc) is 3.52. The van der Waals surface area contributed by atoms with Gasteiger partial charge in [-0.2, -0.15) is 4.37 Å². The van der Waals surface area contributed by atoms with Gasteiger partial charge in [0, 0.05) is 18.8 Å². The zero-order valence-corrected chi connectivity index (χ0v) is 21.4. The number of carbonyl (C=O) groups is 3. The summed E-state index contributed by atoms with van der Waals surface area (Å²) in [5.41, 5.74) is 13.8. The Morgan fingerprint density at radius 1 is 1.22 bits per heavy atom. The highest BCUT2D eigenvalue weighted by Crippen LogP contribution is 2.35. The van der Waals surface area contributed by atoms with Crippen LogP contribution in [-0.4, -0.2) is 46.5 Å². The van der Waals surface area contributed by atoms with Gasteiger partial charge in [-0.1, -0.05) is 29.8 Å². The molecule has 1 aromatic heterocycles. The molecule has 1 aliphatic heterocycles. The number of hydrogen-bond donors (Lipinski definition) is 4. The third-order valence-corrected chi connectivity index (χ3v) is 7.08. The van der Waals surface area contributed by atoms with Crippen LogP contribution >= 0.6 is 11.5 Å². The quantitative estimate of drug-likeness (QED) is 0.353. The molecule has 2 atom stereocenters. The van der Waals surface area contributed by atoms with Gasteiger partial charge < -0.3 is 26.6 Å². The average molecular weight is 524 g/mol. The number of amides is 3. The molecule has 0 bridgehead atoms. The first kappa shape index (κ1) is 26.1. The minimum Gasteiger partial charge on any atom is -0.508 e. The van der Waals surface area contributed by atoms with Crippen LogP contribution in [0, 0.1) is 13.8 Å². The fraction of sp³-hybridized carbons (Fsp3) is 0.308. The topological polar surface area (TPSA) is 161 Å². The summed E-state index contributed by atoms with van der Waals surface area (Å²) in [5.74, 6) is -1.88. The molecule has 0 radical (unpaired) electrons. The normalized spacial score (nSPS) is 15.8. The summed E-state index contributed by atoms with van der Waals surface area (Å²) in [6.45, 7) is 4.69. The fourth-order valence-corrected chi connectivity index (χ4v) is 5.11. The molecule has 3 aromatic rings. The molecular weight excluding hydrogens is 494 g/mol. The van der Waals surface area contributed by atoms with Crippen LogP contribution in [0.25, 0.3) is 0 Å². The molecule has 0 spiro atoms. The zero-order valence-electron chi connectivity index (χ0n) is 20.6. The van der Waals surface area contributed by atoms with Crippen LogP contribution in [0.2, 0.25) is 0 Å². The molecule has 3 amide bonds. The van der Waals surface area contributed by atoms with Crippen molar-refractivity contribution < 1.29 is 24.2 Å². The number of ether oxygens (including phenoxy) is 1. The fourth-order valence-electron chi connectivity index (χ4n) is 4.37. The summed E-state index contributed by atoms with van der Waals surface area (Å²) in [6.07, 6.45) is 1.64. The number of nitrogens with one attached hydrogen (secondary N) is 1. The van der Waals surface area contributed by atoms with E-state index in [0.29, 0.717) is 17.9 Å². The lowest BCUT2D eigenvalue weighted by Crippen LogP contribution is -2.46. The van der Waals surface area contributed by atoms with Crippen LogP contribution < -0.4 is 21.7 Å². The van der Waals surface area contributed by atoms with Crippen molar-refractivity contribution in [3.63, 3.8) is 0 Å². The van der Waals surface area contributed by atoms with E-state index in [1.54, 1.807) is 18.2 Å². The number of rotatable bonds is 8. The number of phenols is 1. The third-order valence-electron chi connectivity index (χ3n) is 6.23. The molecular formula is C26H29N5O5S. The second kappa shape index (κ2) is 11.0. The van der Waals surface area contributed by atoms with Gasteiger partial charge in [0.1, 0.15) is 16.7 Å². The Morgan fingerprint density at radius 2 is 1.95 bits per heavy atom. The van der Waals surface area contributed by atoms with Gasteiger partial charge in [-0.15, -0.1) is 0 Å². The van der Waals surface area contributed by atoms with Gasteiger partial charge in [0.05, 0.1) is 11.8 Å². The van der Waals surface area contributed by atoms with Gasteiger partial charge in [0.25, 0.3) is 11.8 Å². The van der Waals surface area contributed by atoms with Crippen LogP contribution in [0.1, 0.15) is 55.7 Å². The number of nitrogens with zero attached hydrogens (tertiary/aromatic N) is 2. The van der Waals surface area contributed by atoms with Crippen molar-refractivity contribution in [2.45, 2.75) is 38.8 Å². The molecule has 6 N–H and O–H groups in total. The first-order valence-electron chi connectivity index (χ1n) is 11.8. The second-order valence-electron chi connectivity index (χ2n) is 8.98. The van der Waals surface area contributed by atoms with E-state index in [-0.39, 0.29) is 34.7 Å². The molecule has 0 saturated carbocycles. The number of primary amides is 1. The summed E-state index contributed by atoms with van der Waals surface area (Å²) >= 11 is 0.746. The first-order chi connectivity index (χ1) is 17.7. The molecule has 37 heavy (non-hydrogen) atoms. The lowest BCUT2D eigenvalue weighted by Gasteiger charge is -2.32. The predicted octanol–water partition coefficient (Wildman–Crippen LogP) is 2.83. The summed E-state index contributed by atoms with van der Waals surface area (Å²) in [4.78, 5) is 41.0. The molecule has 10 nitrogen and oxygen atoms in total. The van der Waals surface area contributed by atoms with Crippen LogP contribution in [-0.2, 0) is 9.53 Å². The smallest absolute Gasteiger partial charge is 0.273 e. The number of aromatic hydroxyl groups is 1. The van der Waals surface area contributed by atoms with Crippen LogP contribution in [0.5, 0.6) is 5.75 Å². The third kappa shape index (κ3) is 5.57. The molecule has 2 unspecified atom stereocenters. The molecule has 2 heterocycles. The van der Waals surface area contributed by atoms with E-state index in [4.69, 9.17) is 16.2 Å². The summed E-state index contributed by atoms with van der Waals surface area (Å²) < 4.78 is 9.61. The molecule has 1 aliphatic rings. The van der Waals surface area contributed by atoms with Gasteiger partial charge in [-0.25, -0.2) is 0 Å². The number of anilines is 2. The SMILES string of the molecule is Cc1ccc(N(C(=O)c2snc(C(N)=O)c2N)C(C(=O)NCC2CCCO2)c2ccc(O)cc2)c(C)c1. The van der Waals surface area contributed by atoms with Crippen molar-refractivity contribution in [2.24, 2.45) is 5.73 Å².